The molecular formula is C21H22N2O4. The Morgan fingerprint density at radius 3 is 2.52 bits per heavy atom. The third kappa shape index (κ3) is 4.47. The van der Waals surface area contributed by atoms with Gasteiger partial charge in [0.2, 0.25) is 0 Å². The Balaban J connectivity index is 1.75. The molecule has 0 amide bonds. The van der Waals surface area contributed by atoms with Crippen LogP contribution in [-0.4, -0.2) is 36.3 Å². The highest BCUT2D eigenvalue weighted by Crippen LogP contribution is 2.29. The monoisotopic (exact) mass is 366 g/mol. The lowest BCUT2D eigenvalue weighted by atomic mass is 10.0. The van der Waals surface area contributed by atoms with Gasteiger partial charge in [-0.2, -0.15) is 0 Å². The molecular weight excluding hydrogens is 344 g/mol. The van der Waals surface area contributed by atoms with Crippen molar-refractivity contribution in [3.63, 3.8) is 0 Å². The molecule has 0 bridgehead atoms. The molecule has 0 atom stereocenters. The standard InChI is InChI=1S/C21H22N2O4/c1-14-18(13-20(24)25)21(17-5-3-4-6-19(17)23-14)22-11-12-27-16-9-7-15(26-2)8-10-16/h3-10H,11-13H2,1-2H3,(H,22,23)(H,24,25). The topological polar surface area (TPSA) is 80.7 Å². The van der Waals surface area contributed by atoms with Crippen LogP contribution < -0.4 is 14.8 Å². The van der Waals surface area contributed by atoms with Crippen LogP contribution in [0.25, 0.3) is 10.9 Å². The molecule has 0 unspecified atom stereocenters. The first-order valence-electron chi connectivity index (χ1n) is 8.69. The smallest absolute Gasteiger partial charge is 0.307 e. The minimum Gasteiger partial charge on any atom is -0.497 e. The lowest BCUT2D eigenvalue weighted by Gasteiger charge is -2.16. The summed E-state index contributed by atoms with van der Waals surface area (Å²) in [6.45, 7) is 2.81. The number of fused-ring (bicyclic) bond motifs is 1. The summed E-state index contributed by atoms with van der Waals surface area (Å²) >= 11 is 0. The summed E-state index contributed by atoms with van der Waals surface area (Å²) in [6, 6.07) is 15.1. The van der Waals surface area contributed by atoms with E-state index >= 15 is 0 Å². The summed E-state index contributed by atoms with van der Waals surface area (Å²) in [6.07, 6.45) is -0.0780. The van der Waals surface area contributed by atoms with E-state index in [4.69, 9.17) is 9.47 Å². The van der Waals surface area contributed by atoms with E-state index in [1.54, 1.807) is 7.11 Å². The van der Waals surface area contributed by atoms with E-state index in [1.807, 2.05) is 55.5 Å². The van der Waals surface area contributed by atoms with Crippen LogP contribution in [0, 0.1) is 6.92 Å². The average molecular weight is 366 g/mol. The molecule has 0 saturated heterocycles. The molecule has 0 aliphatic rings. The van der Waals surface area contributed by atoms with Crippen molar-refractivity contribution in [2.45, 2.75) is 13.3 Å². The van der Waals surface area contributed by atoms with E-state index in [0.29, 0.717) is 18.7 Å². The van der Waals surface area contributed by atoms with Gasteiger partial charge in [0, 0.05) is 28.9 Å². The van der Waals surface area contributed by atoms with Crippen molar-refractivity contribution < 1.29 is 19.4 Å². The van der Waals surface area contributed by atoms with Gasteiger partial charge in [0.1, 0.15) is 18.1 Å². The number of carbonyl (C=O) groups is 1. The second-order valence-electron chi connectivity index (χ2n) is 6.09. The molecule has 0 aliphatic carbocycles. The first-order chi connectivity index (χ1) is 13.1. The molecule has 1 heterocycles. The first-order valence-corrected chi connectivity index (χ1v) is 8.69. The van der Waals surface area contributed by atoms with Crippen molar-refractivity contribution in [1.29, 1.82) is 0 Å². The average Bonchev–Trinajstić information content (AvgIpc) is 2.67. The van der Waals surface area contributed by atoms with Crippen LogP contribution in [0.5, 0.6) is 11.5 Å². The molecule has 0 spiro atoms. The fraction of sp³-hybridized carbons (Fsp3) is 0.238. The van der Waals surface area contributed by atoms with Crippen LogP contribution >= 0.6 is 0 Å². The van der Waals surface area contributed by atoms with Gasteiger partial charge in [-0.25, -0.2) is 0 Å². The van der Waals surface area contributed by atoms with Crippen LogP contribution in [0.15, 0.2) is 48.5 Å². The summed E-state index contributed by atoms with van der Waals surface area (Å²) in [5.41, 5.74) is 3.06. The maximum Gasteiger partial charge on any atom is 0.307 e. The Kier molecular flexibility index (Phi) is 5.76. The van der Waals surface area contributed by atoms with Crippen LogP contribution in [0.4, 0.5) is 5.69 Å². The number of carboxylic acid groups (broad SMARTS) is 1. The predicted molar refractivity (Wildman–Crippen MR) is 105 cm³/mol. The zero-order chi connectivity index (χ0) is 19.2. The Labute approximate surface area is 157 Å². The molecule has 0 fully saturated rings. The number of carboxylic acids is 1. The zero-order valence-electron chi connectivity index (χ0n) is 15.4. The number of methoxy groups -OCH3 is 1. The number of para-hydroxylation sites is 1. The SMILES string of the molecule is COc1ccc(OCCNc2c(CC(=O)O)c(C)nc3ccccc23)cc1. The van der Waals surface area contributed by atoms with Gasteiger partial charge in [-0.05, 0) is 37.3 Å². The van der Waals surface area contributed by atoms with Crippen LogP contribution in [0.1, 0.15) is 11.3 Å². The number of ether oxygens (including phenoxy) is 2. The summed E-state index contributed by atoms with van der Waals surface area (Å²) in [7, 11) is 1.62. The molecule has 27 heavy (non-hydrogen) atoms. The fourth-order valence-corrected chi connectivity index (χ4v) is 2.96. The summed E-state index contributed by atoms with van der Waals surface area (Å²) in [4.78, 5) is 15.8. The molecule has 3 rings (SSSR count). The van der Waals surface area contributed by atoms with Crippen molar-refractivity contribution in [3.8, 4) is 11.5 Å². The molecule has 1 aromatic heterocycles. The number of aliphatic carboxylic acids is 1. The van der Waals surface area contributed by atoms with Gasteiger partial charge in [0.05, 0.1) is 19.0 Å². The van der Waals surface area contributed by atoms with Crippen molar-refractivity contribution >= 4 is 22.6 Å². The largest absolute Gasteiger partial charge is 0.497 e. The Morgan fingerprint density at radius 2 is 1.81 bits per heavy atom. The lowest BCUT2D eigenvalue weighted by Crippen LogP contribution is -2.15. The highest BCUT2D eigenvalue weighted by atomic mass is 16.5. The van der Waals surface area contributed by atoms with Crippen molar-refractivity contribution in [3.05, 3.63) is 59.8 Å². The molecule has 0 radical (unpaired) electrons. The number of anilines is 1. The normalized spacial score (nSPS) is 10.6. The molecule has 0 aliphatic heterocycles. The van der Waals surface area contributed by atoms with Crippen LogP contribution in [-0.2, 0) is 11.2 Å². The van der Waals surface area contributed by atoms with E-state index in [1.165, 1.54) is 0 Å². The molecule has 6 heteroatoms. The molecule has 0 saturated carbocycles. The predicted octanol–water partition coefficient (Wildman–Crippen LogP) is 3.67. The number of hydrogen-bond donors (Lipinski definition) is 2. The third-order valence-electron chi connectivity index (χ3n) is 4.26. The highest BCUT2D eigenvalue weighted by molar-refractivity contribution is 5.94. The van der Waals surface area contributed by atoms with Gasteiger partial charge < -0.3 is 19.9 Å². The number of nitrogens with one attached hydrogen (secondary N) is 1. The minimum atomic E-state index is -0.882. The van der Waals surface area contributed by atoms with E-state index in [0.717, 1.165) is 33.8 Å². The second kappa shape index (κ2) is 8.40. The maximum atomic E-state index is 11.3. The van der Waals surface area contributed by atoms with Gasteiger partial charge in [0.15, 0.2) is 0 Å². The van der Waals surface area contributed by atoms with E-state index in [2.05, 4.69) is 10.3 Å². The minimum absolute atomic E-state index is 0.0780. The molecule has 2 aromatic carbocycles. The molecule has 2 N–H and O–H groups in total. The molecule has 140 valence electrons. The number of pyridine rings is 1. The Bertz CT molecular complexity index is 939. The number of aryl methyl sites for hydroxylation is 1. The van der Waals surface area contributed by atoms with E-state index in [-0.39, 0.29) is 6.42 Å². The fourth-order valence-electron chi connectivity index (χ4n) is 2.96. The number of aromatic nitrogens is 1. The van der Waals surface area contributed by atoms with Crippen LogP contribution in [0.2, 0.25) is 0 Å². The Morgan fingerprint density at radius 1 is 1.11 bits per heavy atom. The second-order valence-corrected chi connectivity index (χ2v) is 6.09. The van der Waals surface area contributed by atoms with Crippen molar-refractivity contribution in [2.24, 2.45) is 0 Å². The van der Waals surface area contributed by atoms with Gasteiger partial charge >= 0.3 is 5.97 Å². The highest BCUT2D eigenvalue weighted by Gasteiger charge is 2.15. The lowest BCUT2D eigenvalue weighted by molar-refractivity contribution is -0.136. The molecule has 6 nitrogen and oxygen atoms in total. The maximum absolute atomic E-state index is 11.3. The summed E-state index contributed by atoms with van der Waals surface area (Å²) in [5.74, 6) is 0.643. The van der Waals surface area contributed by atoms with Gasteiger partial charge in [-0.3, -0.25) is 9.78 Å². The van der Waals surface area contributed by atoms with Crippen LogP contribution in [0.3, 0.4) is 0 Å². The van der Waals surface area contributed by atoms with E-state index < -0.39 is 5.97 Å². The number of benzene rings is 2. The van der Waals surface area contributed by atoms with Gasteiger partial charge in [-0.1, -0.05) is 18.2 Å². The van der Waals surface area contributed by atoms with Crippen molar-refractivity contribution in [2.75, 3.05) is 25.6 Å². The van der Waals surface area contributed by atoms with Crippen molar-refractivity contribution in [1.82, 2.24) is 4.98 Å². The number of nitrogens with zero attached hydrogens (tertiary/aromatic N) is 1. The number of rotatable bonds is 8. The van der Waals surface area contributed by atoms with Gasteiger partial charge in [0.25, 0.3) is 0 Å². The summed E-state index contributed by atoms with van der Waals surface area (Å²) in [5, 5.41) is 13.5. The molecule has 3 aromatic rings. The van der Waals surface area contributed by atoms with Gasteiger partial charge in [-0.15, -0.1) is 0 Å². The summed E-state index contributed by atoms with van der Waals surface area (Å²) < 4.78 is 10.9. The number of hydrogen-bond acceptors (Lipinski definition) is 5. The van der Waals surface area contributed by atoms with E-state index in [9.17, 15) is 9.90 Å². The Hall–Kier alpha value is -3.28. The first kappa shape index (κ1) is 18.5. The zero-order valence-corrected chi connectivity index (χ0v) is 15.4. The quantitative estimate of drug-likeness (QED) is 0.592. The third-order valence-corrected chi connectivity index (χ3v) is 4.26.